The Morgan fingerprint density at radius 1 is 0.923 bits per heavy atom. The van der Waals surface area contributed by atoms with E-state index in [1.165, 1.54) is 4.90 Å². The topological polar surface area (TPSA) is 46.6 Å². The molecule has 3 atom stereocenters. The van der Waals surface area contributed by atoms with Crippen LogP contribution in [-0.2, 0) is 9.59 Å². The number of benzene rings is 2. The molecule has 1 aliphatic heterocycles. The van der Waals surface area contributed by atoms with Gasteiger partial charge in [0, 0.05) is 0 Å². The molecule has 4 nitrogen and oxygen atoms in total. The van der Waals surface area contributed by atoms with Crippen molar-refractivity contribution in [3.05, 3.63) is 54.1 Å². The van der Waals surface area contributed by atoms with Gasteiger partial charge in [-0.05, 0) is 74.1 Å². The Bertz CT molecular complexity index is 843. The number of carbonyl (C=O) groups excluding carboxylic acids is 2. The molecule has 3 unspecified atom stereocenters. The highest BCUT2D eigenvalue weighted by Crippen LogP contribution is 2.42. The first-order chi connectivity index (χ1) is 12.5. The van der Waals surface area contributed by atoms with Crippen molar-refractivity contribution in [3.8, 4) is 11.5 Å². The van der Waals surface area contributed by atoms with Crippen LogP contribution in [0.3, 0.4) is 0 Å². The van der Waals surface area contributed by atoms with E-state index in [0.717, 1.165) is 30.6 Å². The molecule has 0 aromatic heterocycles. The van der Waals surface area contributed by atoms with Crippen molar-refractivity contribution in [2.24, 2.45) is 17.8 Å². The molecule has 2 aromatic carbocycles. The molecule has 0 N–H and O–H groups in total. The van der Waals surface area contributed by atoms with Gasteiger partial charge in [-0.3, -0.25) is 14.5 Å². The number of hydrogen-bond donors (Lipinski definition) is 0. The minimum absolute atomic E-state index is 0.0424. The smallest absolute Gasteiger partial charge is 0.237 e. The number of ether oxygens (including phenoxy) is 1. The van der Waals surface area contributed by atoms with Crippen molar-refractivity contribution in [1.82, 2.24) is 0 Å². The Balaban J connectivity index is 1.53. The van der Waals surface area contributed by atoms with Gasteiger partial charge in [-0.2, -0.15) is 0 Å². The van der Waals surface area contributed by atoms with Crippen molar-refractivity contribution >= 4 is 17.5 Å². The highest BCUT2D eigenvalue weighted by Gasteiger charge is 2.49. The zero-order valence-corrected chi connectivity index (χ0v) is 15.1. The fraction of sp³-hybridized carbons (Fsp3) is 0.364. The predicted octanol–water partition coefficient (Wildman–Crippen LogP) is 4.71. The molecule has 1 heterocycles. The molecule has 2 aliphatic rings. The Kier molecular flexibility index (Phi) is 4.27. The van der Waals surface area contributed by atoms with E-state index in [1.807, 2.05) is 43.3 Å². The zero-order chi connectivity index (χ0) is 18.3. The standard InChI is InChI=1S/C22H23NO3/c1-14-4-3-5-18(12-14)26-17-9-7-16(8-10-17)23-21(24)19-11-6-15(2)13-20(19)22(23)25/h3-5,7-10,12,15,19-20H,6,11,13H2,1-2H3. The second kappa shape index (κ2) is 6.60. The van der Waals surface area contributed by atoms with Crippen LogP contribution in [0.2, 0.25) is 0 Å². The summed E-state index contributed by atoms with van der Waals surface area (Å²) in [5.41, 5.74) is 1.77. The highest BCUT2D eigenvalue weighted by atomic mass is 16.5. The number of anilines is 1. The summed E-state index contributed by atoms with van der Waals surface area (Å²) >= 11 is 0. The molecule has 1 aliphatic carbocycles. The second-order valence-corrected chi connectivity index (χ2v) is 7.56. The minimum atomic E-state index is -0.144. The zero-order valence-electron chi connectivity index (χ0n) is 15.1. The molecule has 0 bridgehead atoms. The van der Waals surface area contributed by atoms with Crippen LogP contribution in [0.1, 0.15) is 31.7 Å². The van der Waals surface area contributed by atoms with E-state index in [4.69, 9.17) is 4.74 Å². The summed E-state index contributed by atoms with van der Waals surface area (Å²) in [6, 6.07) is 15.0. The number of imide groups is 1. The van der Waals surface area contributed by atoms with E-state index in [-0.39, 0.29) is 23.7 Å². The molecule has 2 aromatic rings. The molecule has 26 heavy (non-hydrogen) atoms. The number of fused-ring (bicyclic) bond motifs is 1. The van der Waals surface area contributed by atoms with Crippen molar-refractivity contribution in [1.29, 1.82) is 0 Å². The SMILES string of the molecule is Cc1cccc(Oc2ccc(N3C(=O)C4CCC(C)CC4C3=O)cc2)c1. The van der Waals surface area contributed by atoms with E-state index in [2.05, 4.69) is 6.92 Å². The van der Waals surface area contributed by atoms with Gasteiger partial charge in [-0.1, -0.05) is 19.1 Å². The third-order valence-corrected chi connectivity index (χ3v) is 5.51. The molecule has 1 saturated heterocycles. The average Bonchev–Trinajstić information content (AvgIpc) is 2.86. The van der Waals surface area contributed by atoms with E-state index >= 15 is 0 Å². The van der Waals surface area contributed by atoms with Crippen molar-refractivity contribution in [2.75, 3.05) is 4.90 Å². The molecule has 134 valence electrons. The molecular formula is C22H23NO3. The van der Waals surface area contributed by atoms with Gasteiger partial charge in [-0.25, -0.2) is 0 Å². The third kappa shape index (κ3) is 3.00. The average molecular weight is 349 g/mol. The summed E-state index contributed by atoms with van der Waals surface area (Å²) in [6.45, 7) is 4.18. The van der Waals surface area contributed by atoms with Crippen LogP contribution in [0, 0.1) is 24.7 Å². The van der Waals surface area contributed by atoms with E-state index in [0.29, 0.717) is 17.4 Å². The van der Waals surface area contributed by atoms with Crippen LogP contribution in [0.25, 0.3) is 0 Å². The van der Waals surface area contributed by atoms with Gasteiger partial charge in [0.2, 0.25) is 11.8 Å². The minimum Gasteiger partial charge on any atom is -0.457 e. The molecule has 2 amide bonds. The lowest BCUT2D eigenvalue weighted by molar-refractivity contribution is -0.122. The maximum atomic E-state index is 12.8. The lowest BCUT2D eigenvalue weighted by Crippen LogP contribution is -2.30. The Labute approximate surface area is 153 Å². The summed E-state index contributed by atoms with van der Waals surface area (Å²) in [7, 11) is 0. The summed E-state index contributed by atoms with van der Waals surface area (Å²) in [4.78, 5) is 26.9. The van der Waals surface area contributed by atoms with E-state index in [1.54, 1.807) is 12.1 Å². The van der Waals surface area contributed by atoms with Crippen LogP contribution in [0.5, 0.6) is 11.5 Å². The van der Waals surface area contributed by atoms with Gasteiger partial charge in [-0.15, -0.1) is 0 Å². The number of amides is 2. The summed E-state index contributed by atoms with van der Waals surface area (Å²) in [5, 5.41) is 0. The van der Waals surface area contributed by atoms with E-state index < -0.39 is 0 Å². The van der Waals surface area contributed by atoms with Gasteiger partial charge < -0.3 is 4.74 Å². The second-order valence-electron chi connectivity index (χ2n) is 7.56. The Hall–Kier alpha value is -2.62. The fourth-order valence-electron chi connectivity index (χ4n) is 4.12. The van der Waals surface area contributed by atoms with Gasteiger partial charge >= 0.3 is 0 Å². The third-order valence-electron chi connectivity index (χ3n) is 5.51. The number of rotatable bonds is 3. The van der Waals surface area contributed by atoms with Crippen LogP contribution >= 0.6 is 0 Å². The molecule has 4 rings (SSSR count). The van der Waals surface area contributed by atoms with Gasteiger partial charge in [0.25, 0.3) is 0 Å². The summed E-state index contributed by atoms with van der Waals surface area (Å²) in [6.07, 6.45) is 2.67. The van der Waals surface area contributed by atoms with Gasteiger partial charge in [0.15, 0.2) is 0 Å². The molecule has 0 radical (unpaired) electrons. The predicted molar refractivity (Wildman–Crippen MR) is 100 cm³/mol. The van der Waals surface area contributed by atoms with Crippen molar-refractivity contribution in [2.45, 2.75) is 33.1 Å². The number of nitrogens with zero attached hydrogens (tertiary/aromatic N) is 1. The van der Waals surface area contributed by atoms with Gasteiger partial charge in [0.1, 0.15) is 11.5 Å². The van der Waals surface area contributed by atoms with Crippen LogP contribution in [0.4, 0.5) is 5.69 Å². The van der Waals surface area contributed by atoms with Gasteiger partial charge in [0.05, 0.1) is 17.5 Å². The molecular weight excluding hydrogens is 326 g/mol. The fourth-order valence-corrected chi connectivity index (χ4v) is 4.12. The Morgan fingerprint density at radius 2 is 1.65 bits per heavy atom. The molecule has 4 heteroatoms. The van der Waals surface area contributed by atoms with Crippen LogP contribution < -0.4 is 9.64 Å². The maximum Gasteiger partial charge on any atom is 0.237 e. The van der Waals surface area contributed by atoms with Crippen molar-refractivity contribution in [3.63, 3.8) is 0 Å². The molecule has 1 saturated carbocycles. The first kappa shape index (κ1) is 16.8. The lowest BCUT2D eigenvalue weighted by atomic mass is 9.76. The first-order valence-corrected chi connectivity index (χ1v) is 9.25. The summed E-state index contributed by atoms with van der Waals surface area (Å²) in [5.74, 6) is 1.60. The normalized spacial score (nSPS) is 25.3. The largest absolute Gasteiger partial charge is 0.457 e. The highest BCUT2D eigenvalue weighted by molar-refractivity contribution is 6.22. The van der Waals surface area contributed by atoms with Crippen molar-refractivity contribution < 1.29 is 14.3 Å². The molecule has 2 fully saturated rings. The lowest BCUT2D eigenvalue weighted by Gasteiger charge is -2.25. The quantitative estimate of drug-likeness (QED) is 0.754. The maximum absolute atomic E-state index is 12.8. The first-order valence-electron chi connectivity index (χ1n) is 9.25. The number of carbonyl (C=O) groups is 2. The number of aryl methyl sites for hydroxylation is 1. The monoisotopic (exact) mass is 349 g/mol. The number of hydrogen-bond acceptors (Lipinski definition) is 3. The van der Waals surface area contributed by atoms with Crippen LogP contribution in [0.15, 0.2) is 48.5 Å². The Morgan fingerprint density at radius 3 is 2.38 bits per heavy atom. The van der Waals surface area contributed by atoms with Crippen LogP contribution in [-0.4, -0.2) is 11.8 Å². The van der Waals surface area contributed by atoms with E-state index in [9.17, 15) is 9.59 Å². The molecule has 0 spiro atoms. The summed E-state index contributed by atoms with van der Waals surface area (Å²) < 4.78 is 5.85.